The molecule has 0 aromatic heterocycles. The Bertz CT molecular complexity index is 982. The number of rotatable bonds is 5. The highest BCUT2D eigenvalue weighted by Crippen LogP contribution is 2.26. The molecule has 6 heteroatoms. The summed E-state index contributed by atoms with van der Waals surface area (Å²) in [5.41, 5.74) is 4.31. The summed E-state index contributed by atoms with van der Waals surface area (Å²) in [6.45, 7) is 6.64. The standard InChI is InChI=1S/C26H32N4O2/c1-28-10-2-11-29(14-13-28)17-20-3-8-25(24(15-20)16-27)22-4-6-23(7-5-22)26(32)30-12-9-21(18-30)19-31/h3-8,15,21,31H,2,9-14,17-19H2,1H3. The first-order valence-electron chi connectivity index (χ1n) is 11.5. The lowest BCUT2D eigenvalue weighted by Crippen LogP contribution is -2.29. The van der Waals surface area contributed by atoms with Gasteiger partial charge in [0.25, 0.3) is 5.91 Å². The molecule has 2 aromatic carbocycles. The zero-order valence-corrected chi connectivity index (χ0v) is 18.8. The predicted octanol–water partition coefficient (Wildman–Crippen LogP) is 2.82. The van der Waals surface area contributed by atoms with E-state index in [-0.39, 0.29) is 18.4 Å². The topological polar surface area (TPSA) is 70.8 Å². The number of likely N-dealkylation sites (tertiary alicyclic amines) is 1. The van der Waals surface area contributed by atoms with Gasteiger partial charge < -0.3 is 14.9 Å². The molecule has 2 saturated heterocycles. The van der Waals surface area contributed by atoms with E-state index < -0.39 is 0 Å². The monoisotopic (exact) mass is 432 g/mol. The minimum Gasteiger partial charge on any atom is -0.396 e. The van der Waals surface area contributed by atoms with Gasteiger partial charge in [-0.05, 0) is 67.9 Å². The highest BCUT2D eigenvalue weighted by Gasteiger charge is 2.26. The molecule has 0 bridgehead atoms. The van der Waals surface area contributed by atoms with Crippen LogP contribution in [0.25, 0.3) is 11.1 Å². The van der Waals surface area contributed by atoms with Crippen LogP contribution >= 0.6 is 0 Å². The summed E-state index contributed by atoms with van der Waals surface area (Å²) in [6, 6.07) is 16.0. The van der Waals surface area contributed by atoms with Crippen LogP contribution in [0.15, 0.2) is 42.5 Å². The Morgan fingerprint density at radius 1 is 1.09 bits per heavy atom. The van der Waals surface area contributed by atoms with Gasteiger partial charge in [0.2, 0.25) is 0 Å². The molecule has 0 saturated carbocycles. The zero-order valence-electron chi connectivity index (χ0n) is 18.8. The lowest BCUT2D eigenvalue weighted by atomic mass is 9.97. The smallest absolute Gasteiger partial charge is 0.253 e. The second-order valence-electron chi connectivity index (χ2n) is 9.09. The summed E-state index contributed by atoms with van der Waals surface area (Å²) in [7, 11) is 2.17. The highest BCUT2D eigenvalue weighted by molar-refractivity contribution is 5.95. The van der Waals surface area contributed by atoms with E-state index in [1.165, 1.54) is 6.42 Å². The lowest BCUT2D eigenvalue weighted by Gasteiger charge is -2.20. The SMILES string of the molecule is CN1CCCN(Cc2ccc(-c3ccc(C(=O)N4CCC(CO)C4)cc3)c(C#N)c2)CC1. The van der Waals surface area contributed by atoms with Crippen molar-refractivity contribution in [1.82, 2.24) is 14.7 Å². The fraction of sp³-hybridized carbons (Fsp3) is 0.462. The fourth-order valence-corrected chi connectivity index (χ4v) is 4.69. The Balaban J connectivity index is 1.46. The molecule has 2 aliphatic rings. The third kappa shape index (κ3) is 5.18. The zero-order chi connectivity index (χ0) is 22.5. The molecule has 1 atom stereocenters. The van der Waals surface area contributed by atoms with Crippen molar-refractivity contribution < 1.29 is 9.90 Å². The highest BCUT2D eigenvalue weighted by atomic mass is 16.3. The fourth-order valence-electron chi connectivity index (χ4n) is 4.69. The molecule has 2 aromatic rings. The summed E-state index contributed by atoms with van der Waals surface area (Å²) in [5.74, 6) is 0.191. The number of hydrogen-bond donors (Lipinski definition) is 1. The van der Waals surface area contributed by atoms with Crippen LogP contribution in [0.4, 0.5) is 0 Å². The van der Waals surface area contributed by atoms with Gasteiger partial charge in [-0.1, -0.05) is 24.3 Å². The minimum atomic E-state index is 0.00597. The molecule has 4 rings (SSSR count). The second-order valence-corrected chi connectivity index (χ2v) is 9.09. The summed E-state index contributed by atoms with van der Waals surface area (Å²) in [5, 5.41) is 19.1. The average molecular weight is 433 g/mol. The molecule has 0 aliphatic carbocycles. The maximum atomic E-state index is 12.7. The molecular formula is C26H32N4O2. The van der Waals surface area contributed by atoms with Crippen molar-refractivity contribution in [2.75, 3.05) is 52.9 Å². The van der Waals surface area contributed by atoms with E-state index in [2.05, 4.69) is 29.0 Å². The number of aliphatic hydroxyl groups is 1. The van der Waals surface area contributed by atoms with Crippen LogP contribution in [-0.2, 0) is 6.54 Å². The van der Waals surface area contributed by atoms with Crippen molar-refractivity contribution in [3.05, 3.63) is 59.2 Å². The van der Waals surface area contributed by atoms with Gasteiger partial charge in [-0.3, -0.25) is 9.69 Å². The molecule has 2 fully saturated rings. The van der Waals surface area contributed by atoms with E-state index in [0.717, 1.165) is 55.8 Å². The van der Waals surface area contributed by atoms with Gasteiger partial charge in [0.1, 0.15) is 0 Å². The molecule has 168 valence electrons. The minimum absolute atomic E-state index is 0.00597. The molecule has 0 radical (unpaired) electrons. The quantitative estimate of drug-likeness (QED) is 0.787. The lowest BCUT2D eigenvalue weighted by molar-refractivity contribution is 0.0782. The van der Waals surface area contributed by atoms with E-state index in [9.17, 15) is 15.2 Å². The van der Waals surface area contributed by atoms with Crippen LogP contribution in [0.3, 0.4) is 0 Å². The molecule has 0 spiro atoms. The molecule has 1 unspecified atom stereocenters. The molecule has 2 aliphatic heterocycles. The first kappa shape index (κ1) is 22.5. The third-order valence-corrected chi connectivity index (χ3v) is 6.70. The Hall–Kier alpha value is -2.72. The van der Waals surface area contributed by atoms with Crippen LogP contribution in [0.2, 0.25) is 0 Å². The number of carbonyl (C=O) groups excluding carboxylic acids is 1. The molecule has 6 nitrogen and oxygen atoms in total. The van der Waals surface area contributed by atoms with Crippen molar-refractivity contribution in [2.24, 2.45) is 5.92 Å². The van der Waals surface area contributed by atoms with E-state index in [1.54, 1.807) is 0 Å². The van der Waals surface area contributed by atoms with Gasteiger partial charge in [0.15, 0.2) is 0 Å². The first-order chi connectivity index (χ1) is 15.6. The predicted molar refractivity (Wildman–Crippen MR) is 125 cm³/mol. The number of benzene rings is 2. The van der Waals surface area contributed by atoms with Gasteiger partial charge in [-0.15, -0.1) is 0 Å². The van der Waals surface area contributed by atoms with E-state index in [1.807, 2.05) is 41.3 Å². The molecule has 32 heavy (non-hydrogen) atoms. The number of aliphatic hydroxyl groups excluding tert-OH is 1. The van der Waals surface area contributed by atoms with E-state index in [4.69, 9.17) is 0 Å². The van der Waals surface area contributed by atoms with Crippen molar-refractivity contribution >= 4 is 5.91 Å². The largest absolute Gasteiger partial charge is 0.396 e. The van der Waals surface area contributed by atoms with Gasteiger partial charge in [-0.25, -0.2) is 0 Å². The summed E-state index contributed by atoms with van der Waals surface area (Å²) < 4.78 is 0. The van der Waals surface area contributed by atoms with Gasteiger partial charge >= 0.3 is 0 Å². The maximum Gasteiger partial charge on any atom is 0.253 e. The van der Waals surface area contributed by atoms with Crippen molar-refractivity contribution in [3.63, 3.8) is 0 Å². The van der Waals surface area contributed by atoms with Gasteiger partial charge in [-0.2, -0.15) is 5.26 Å². The van der Waals surface area contributed by atoms with Crippen molar-refractivity contribution in [3.8, 4) is 17.2 Å². The number of hydrogen-bond acceptors (Lipinski definition) is 5. The number of nitriles is 1. The van der Waals surface area contributed by atoms with Crippen LogP contribution in [0, 0.1) is 17.2 Å². The second kappa shape index (κ2) is 10.3. The van der Waals surface area contributed by atoms with E-state index >= 15 is 0 Å². The van der Waals surface area contributed by atoms with Crippen LogP contribution in [0.5, 0.6) is 0 Å². The maximum absolute atomic E-state index is 12.7. The average Bonchev–Trinajstić information content (AvgIpc) is 3.22. The Morgan fingerprint density at radius 3 is 2.62 bits per heavy atom. The summed E-state index contributed by atoms with van der Waals surface area (Å²) in [4.78, 5) is 19.4. The summed E-state index contributed by atoms with van der Waals surface area (Å²) >= 11 is 0. The van der Waals surface area contributed by atoms with Crippen LogP contribution in [-0.4, -0.2) is 78.6 Å². The van der Waals surface area contributed by atoms with E-state index in [0.29, 0.717) is 24.2 Å². The van der Waals surface area contributed by atoms with Gasteiger partial charge in [0.05, 0.1) is 11.6 Å². The number of nitrogens with zero attached hydrogens (tertiary/aromatic N) is 4. The molecule has 1 N–H and O–H groups in total. The molecule has 1 amide bonds. The molecule has 2 heterocycles. The third-order valence-electron chi connectivity index (χ3n) is 6.70. The Morgan fingerprint density at radius 2 is 1.91 bits per heavy atom. The number of likely N-dealkylation sites (N-methyl/N-ethyl adjacent to an activating group) is 1. The van der Waals surface area contributed by atoms with Crippen LogP contribution in [0.1, 0.15) is 34.3 Å². The van der Waals surface area contributed by atoms with Crippen LogP contribution < -0.4 is 0 Å². The summed E-state index contributed by atoms with van der Waals surface area (Å²) in [6.07, 6.45) is 2.02. The molecular weight excluding hydrogens is 400 g/mol. The Kier molecular flexibility index (Phi) is 7.21. The van der Waals surface area contributed by atoms with Crippen molar-refractivity contribution in [2.45, 2.75) is 19.4 Å². The first-order valence-corrected chi connectivity index (χ1v) is 11.5. The normalized spacial score (nSPS) is 20.2. The number of carbonyl (C=O) groups is 1. The van der Waals surface area contributed by atoms with Crippen molar-refractivity contribution in [1.29, 1.82) is 5.26 Å². The Labute approximate surface area is 190 Å². The van der Waals surface area contributed by atoms with Gasteiger partial charge in [0, 0.05) is 50.8 Å². The number of amides is 1.